The van der Waals surface area contributed by atoms with Gasteiger partial charge in [-0.15, -0.1) is 0 Å². The third kappa shape index (κ3) is 5.49. The van der Waals surface area contributed by atoms with Crippen LogP contribution in [-0.4, -0.2) is 38.8 Å². The average molecular weight is 492 g/mol. The molecule has 9 nitrogen and oxygen atoms in total. The molecule has 3 heterocycles. The van der Waals surface area contributed by atoms with Crippen molar-refractivity contribution in [3.05, 3.63) is 89.9 Å². The molecule has 37 heavy (non-hydrogen) atoms. The number of carbonyl (C=O) groups excluding carboxylic acids is 2. The van der Waals surface area contributed by atoms with Crippen LogP contribution < -0.4 is 10.6 Å². The van der Waals surface area contributed by atoms with Gasteiger partial charge in [-0.2, -0.15) is 5.26 Å². The third-order valence-corrected chi connectivity index (χ3v) is 5.91. The molecule has 3 aromatic heterocycles. The number of rotatable bonds is 6. The highest BCUT2D eigenvalue weighted by atomic mass is 16.2. The summed E-state index contributed by atoms with van der Waals surface area (Å²) >= 11 is 0. The van der Waals surface area contributed by atoms with Crippen molar-refractivity contribution in [1.29, 1.82) is 5.26 Å². The van der Waals surface area contributed by atoms with Gasteiger partial charge in [-0.25, -0.2) is 9.97 Å². The van der Waals surface area contributed by atoms with E-state index in [4.69, 9.17) is 0 Å². The van der Waals surface area contributed by atoms with Crippen molar-refractivity contribution >= 4 is 17.5 Å². The number of benzene rings is 1. The van der Waals surface area contributed by atoms with Crippen molar-refractivity contribution in [2.24, 2.45) is 0 Å². The standard InChI is InChI=1S/C28H25N7O2/c1-17-5-6-21(35-26(36)18-7-8-32-25(10-18)28(2,3)15-29)11-22(17)19-9-20(14-31-13-19)23-12-24(27(37)30-4)34-16-33-23/h5-14,16H,1-4H3,(H,30,37)(H,35,36). The van der Waals surface area contributed by atoms with Gasteiger partial charge in [-0.1, -0.05) is 6.07 Å². The molecule has 0 unspecified atom stereocenters. The Hall–Kier alpha value is -4.97. The van der Waals surface area contributed by atoms with E-state index in [0.29, 0.717) is 22.6 Å². The predicted molar refractivity (Wildman–Crippen MR) is 140 cm³/mol. The van der Waals surface area contributed by atoms with E-state index in [2.05, 4.69) is 36.6 Å². The number of pyridine rings is 2. The van der Waals surface area contributed by atoms with Crippen LogP contribution in [0.25, 0.3) is 22.4 Å². The first-order chi connectivity index (χ1) is 17.7. The number of hydrogen-bond donors (Lipinski definition) is 2. The number of amides is 2. The van der Waals surface area contributed by atoms with Gasteiger partial charge in [0.15, 0.2) is 0 Å². The Bertz CT molecular complexity index is 1540. The van der Waals surface area contributed by atoms with Gasteiger partial charge in [-0.05, 0) is 68.3 Å². The SMILES string of the molecule is CNC(=O)c1cc(-c2cncc(-c3cc(NC(=O)c4ccnc(C(C)(C)C#N)c4)ccc3C)c2)ncn1. The highest BCUT2D eigenvalue weighted by Crippen LogP contribution is 2.29. The highest BCUT2D eigenvalue weighted by Gasteiger charge is 2.22. The third-order valence-electron chi connectivity index (χ3n) is 5.91. The first-order valence-electron chi connectivity index (χ1n) is 11.5. The maximum atomic E-state index is 13.0. The van der Waals surface area contributed by atoms with Gasteiger partial charge in [0.05, 0.1) is 22.9 Å². The lowest BCUT2D eigenvalue weighted by molar-refractivity contribution is 0.0957. The van der Waals surface area contributed by atoms with Crippen LogP contribution in [0.3, 0.4) is 0 Å². The highest BCUT2D eigenvalue weighted by molar-refractivity contribution is 6.04. The van der Waals surface area contributed by atoms with Crippen molar-refractivity contribution in [2.45, 2.75) is 26.2 Å². The summed E-state index contributed by atoms with van der Waals surface area (Å²) in [5, 5.41) is 14.9. The topological polar surface area (TPSA) is 134 Å². The molecule has 0 bridgehead atoms. The van der Waals surface area contributed by atoms with Gasteiger partial charge >= 0.3 is 0 Å². The lowest BCUT2D eigenvalue weighted by atomic mass is 9.90. The molecule has 0 saturated heterocycles. The molecule has 0 atom stereocenters. The second-order valence-corrected chi connectivity index (χ2v) is 8.98. The molecule has 0 aliphatic heterocycles. The molecular formula is C28H25N7O2. The molecule has 0 spiro atoms. The molecule has 1 aromatic carbocycles. The summed E-state index contributed by atoms with van der Waals surface area (Å²) in [5.41, 5.74) is 5.00. The van der Waals surface area contributed by atoms with Crippen LogP contribution in [0.15, 0.2) is 67.4 Å². The van der Waals surface area contributed by atoms with Crippen LogP contribution in [0.2, 0.25) is 0 Å². The number of carbonyl (C=O) groups is 2. The fourth-order valence-corrected chi connectivity index (χ4v) is 3.68. The Morgan fingerprint density at radius 2 is 1.73 bits per heavy atom. The second kappa shape index (κ2) is 10.3. The van der Waals surface area contributed by atoms with Crippen molar-refractivity contribution in [2.75, 3.05) is 12.4 Å². The van der Waals surface area contributed by atoms with E-state index < -0.39 is 5.41 Å². The summed E-state index contributed by atoms with van der Waals surface area (Å²) in [6.07, 6.45) is 6.28. The Kier molecular flexibility index (Phi) is 7.02. The minimum Gasteiger partial charge on any atom is -0.354 e. The van der Waals surface area contributed by atoms with Crippen molar-refractivity contribution in [3.8, 4) is 28.5 Å². The van der Waals surface area contributed by atoms with E-state index in [1.807, 2.05) is 31.2 Å². The normalized spacial score (nSPS) is 10.9. The van der Waals surface area contributed by atoms with Gasteiger partial charge in [0.25, 0.3) is 11.8 Å². The summed E-state index contributed by atoms with van der Waals surface area (Å²) in [6.45, 7) is 5.49. The Morgan fingerprint density at radius 1 is 0.946 bits per heavy atom. The molecule has 4 rings (SSSR count). The Balaban J connectivity index is 1.63. The molecule has 0 aliphatic rings. The molecule has 184 valence electrons. The molecule has 9 heteroatoms. The monoisotopic (exact) mass is 491 g/mol. The van der Waals surface area contributed by atoms with Crippen molar-refractivity contribution < 1.29 is 9.59 Å². The average Bonchev–Trinajstić information content (AvgIpc) is 2.93. The van der Waals surface area contributed by atoms with Crippen LogP contribution in [0.5, 0.6) is 0 Å². The molecule has 4 aromatic rings. The predicted octanol–water partition coefficient (Wildman–Crippen LogP) is 4.32. The summed E-state index contributed by atoms with van der Waals surface area (Å²) in [4.78, 5) is 41.9. The molecule has 0 aliphatic carbocycles. The van der Waals surface area contributed by atoms with Crippen LogP contribution in [0, 0.1) is 18.3 Å². The molecule has 0 saturated carbocycles. The largest absolute Gasteiger partial charge is 0.354 e. The summed E-state index contributed by atoms with van der Waals surface area (Å²) in [6, 6.07) is 14.6. The van der Waals surface area contributed by atoms with E-state index in [-0.39, 0.29) is 17.5 Å². The number of nitrogens with one attached hydrogen (secondary N) is 2. The number of nitriles is 1. The molecular weight excluding hydrogens is 466 g/mol. The Labute approximate surface area is 214 Å². The van der Waals surface area contributed by atoms with E-state index in [9.17, 15) is 14.9 Å². The number of nitrogens with zero attached hydrogens (tertiary/aromatic N) is 5. The molecule has 2 amide bonds. The maximum absolute atomic E-state index is 13.0. The molecule has 0 fully saturated rings. The zero-order valence-corrected chi connectivity index (χ0v) is 20.9. The quantitative estimate of drug-likeness (QED) is 0.410. The minimum absolute atomic E-state index is 0.260. The lowest BCUT2D eigenvalue weighted by Gasteiger charge is -2.15. The number of aryl methyl sites for hydroxylation is 1. The zero-order chi connectivity index (χ0) is 26.6. The van der Waals surface area contributed by atoms with E-state index in [0.717, 1.165) is 22.3 Å². The number of anilines is 1. The number of aromatic nitrogens is 4. The van der Waals surface area contributed by atoms with Crippen molar-refractivity contribution in [3.63, 3.8) is 0 Å². The molecule has 0 radical (unpaired) electrons. The van der Waals surface area contributed by atoms with E-state index >= 15 is 0 Å². The summed E-state index contributed by atoms with van der Waals surface area (Å²) < 4.78 is 0. The van der Waals surface area contributed by atoms with Gasteiger partial charge < -0.3 is 10.6 Å². The first kappa shape index (κ1) is 25.1. The van der Waals surface area contributed by atoms with Crippen LogP contribution >= 0.6 is 0 Å². The maximum Gasteiger partial charge on any atom is 0.269 e. The minimum atomic E-state index is -0.809. The lowest BCUT2D eigenvalue weighted by Crippen LogP contribution is -2.19. The zero-order valence-electron chi connectivity index (χ0n) is 20.9. The second-order valence-electron chi connectivity index (χ2n) is 8.98. The van der Waals surface area contributed by atoms with E-state index in [1.54, 1.807) is 51.5 Å². The fraction of sp³-hybridized carbons (Fsp3) is 0.179. The van der Waals surface area contributed by atoms with Gasteiger partial charge in [0, 0.05) is 48.0 Å². The van der Waals surface area contributed by atoms with Gasteiger partial charge in [-0.3, -0.25) is 19.6 Å². The Morgan fingerprint density at radius 3 is 2.49 bits per heavy atom. The van der Waals surface area contributed by atoms with Crippen molar-refractivity contribution in [1.82, 2.24) is 25.3 Å². The number of hydrogen-bond acceptors (Lipinski definition) is 7. The van der Waals surface area contributed by atoms with Crippen LogP contribution in [0.4, 0.5) is 5.69 Å². The summed E-state index contributed by atoms with van der Waals surface area (Å²) in [5.74, 6) is -0.605. The van der Waals surface area contributed by atoms with E-state index in [1.165, 1.54) is 12.5 Å². The van der Waals surface area contributed by atoms with Crippen LogP contribution in [-0.2, 0) is 5.41 Å². The fourth-order valence-electron chi connectivity index (χ4n) is 3.68. The smallest absolute Gasteiger partial charge is 0.269 e. The molecule has 2 N–H and O–H groups in total. The first-order valence-corrected chi connectivity index (χ1v) is 11.5. The van der Waals surface area contributed by atoms with Crippen LogP contribution in [0.1, 0.15) is 46.0 Å². The van der Waals surface area contributed by atoms with Gasteiger partial charge in [0.2, 0.25) is 0 Å². The van der Waals surface area contributed by atoms with Gasteiger partial charge in [0.1, 0.15) is 12.0 Å². The summed E-state index contributed by atoms with van der Waals surface area (Å²) in [7, 11) is 1.54.